The summed E-state index contributed by atoms with van der Waals surface area (Å²) in [7, 11) is -1.93. The summed E-state index contributed by atoms with van der Waals surface area (Å²) in [5.74, 6) is 1.25. The maximum Gasteiger partial charge on any atom is 0.240 e. The van der Waals surface area contributed by atoms with Gasteiger partial charge in [0.25, 0.3) is 0 Å². The molecule has 36 heavy (non-hydrogen) atoms. The lowest BCUT2D eigenvalue weighted by molar-refractivity contribution is 0.383. The van der Waals surface area contributed by atoms with E-state index in [2.05, 4.69) is 52.5 Å². The SMILES string of the molecule is COc1ccc2ccccc2c1C1Nc2ccc(S(=O)(=O)NCc3ccccc3)cc2C2C=CCC21. The standard InChI is InChI=1S/C30H28N2O3S/c1-35-28-17-14-21-10-5-6-11-23(21)29(28)30-25-13-7-12-24(25)26-18-22(15-16-27(26)32-30)36(33,34)31-19-20-8-3-2-4-9-20/h2-12,14-18,24-25,30-32H,13,19H2,1H3. The van der Waals surface area contributed by atoms with E-state index in [4.69, 9.17) is 4.74 Å². The number of nitrogens with one attached hydrogen (secondary N) is 2. The first-order valence-corrected chi connectivity index (χ1v) is 13.7. The van der Waals surface area contributed by atoms with Gasteiger partial charge >= 0.3 is 0 Å². The van der Waals surface area contributed by atoms with Gasteiger partial charge in [-0.25, -0.2) is 13.1 Å². The normalized spacial score (nSPS) is 20.5. The Kier molecular flexibility index (Phi) is 5.78. The Labute approximate surface area is 211 Å². The number of hydrogen-bond donors (Lipinski definition) is 2. The van der Waals surface area contributed by atoms with E-state index in [1.54, 1.807) is 13.2 Å². The average molecular weight is 497 g/mol. The van der Waals surface area contributed by atoms with Gasteiger partial charge in [-0.05, 0) is 58.5 Å². The van der Waals surface area contributed by atoms with Gasteiger partial charge in [-0.15, -0.1) is 0 Å². The van der Waals surface area contributed by atoms with Crippen LogP contribution in [-0.2, 0) is 16.6 Å². The number of methoxy groups -OCH3 is 1. The third kappa shape index (κ3) is 3.96. The highest BCUT2D eigenvalue weighted by Gasteiger charge is 2.40. The van der Waals surface area contributed by atoms with E-state index in [-0.39, 0.29) is 24.4 Å². The molecular formula is C30H28N2O3S. The van der Waals surface area contributed by atoms with Crippen molar-refractivity contribution in [2.75, 3.05) is 12.4 Å². The van der Waals surface area contributed by atoms with Crippen LogP contribution in [0.4, 0.5) is 5.69 Å². The summed E-state index contributed by atoms with van der Waals surface area (Å²) < 4.78 is 34.8. The van der Waals surface area contributed by atoms with Crippen molar-refractivity contribution in [3.05, 3.63) is 114 Å². The molecule has 6 heteroatoms. The molecule has 0 fully saturated rings. The Bertz CT molecular complexity index is 1560. The topological polar surface area (TPSA) is 67.4 Å². The highest BCUT2D eigenvalue weighted by Crippen LogP contribution is 2.52. The summed E-state index contributed by atoms with van der Waals surface area (Å²) in [5, 5.41) is 6.10. The van der Waals surface area contributed by atoms with Gasteiger partial charge < -0.3 is 10.1 Å². The summed E-state index contributed by atoms with van der Waals surface area (Å²) in [5.41, 5.74) is 4.06. The molecule has 4 aromatic rings. The zero-order chi connectivity index (χ0) is 24.7. The highest BCUT2D eigenvalue weighted by molar-refractivity contribution is 7.89. The largest absolute Gasteiger partial charge is 0.496 e. The number of allylic oxidation sites excluding steroid dienone is 2. The number of sulfonamides is 1. The Morgan fingerprint density at radius 3 is 2.61 bits per heavy atom. The smallest absolute Gasteiger partial charge is 0.240 e. The number of rotatable bonds is 6. The van der Waals surface area contributed by atoms with Crippen LogP contribution in [0.5, 0.6) is 5.75 Å². The van der Waals surface area contributed by atoms with E-state index in [1.807, 2.05) is 48.5 Å². The fourth-order valence-electron chi connectivity index (χ4n) is 5.66. The minimum absolute atomic E-state index is 0.0391. The van der Waals surface area contributed by atoms with Crippen molar-refractivity contribution in [2.45, 2.75) is 29.8 Å². The molecule has 182 valence electrons. The number of ether oxygens (including phenoxy) is 1. The number of benzene rings is 4. The van der Waals surface area contributed by atoms with E-state index in [0.29, 0.717) is 4.90 Å². The predicted octanol–water partition coefficient (Wildman–Crippen LogP) is 6.15. The molecular weight excluding hydrogens is 468 g/mol. The van der Waals surface area contributed by atoms with Crippen LogP contribution in [0.2, 0.25) is 0 Å². The summed E-state index contributed by atoms with van der Waals surface area (Å²) in [6.07, 6.45) is 5.35. The second-order valence-corrected chi connectivity index (χ2v) is 11.2. The van der Waals surface area contributed by atoms with Gasteiger partial charge in [0, 0.05) is 23.7 Å². The maximum absolute atomic E-state index is 13.1. The van der Waals surface area contributed by atoms with Crippen LogP contribution in [-0.4, -0.2) is 15.5 Å². The molecule has 1 aliphatic carbocycles. The van der Waals surface area contributed by atoms with Crippen LogP contribution >= 0.6 is 0 Å². The van der Waals surface area contributed by atoms with Crippen LogP contribution < -0.4 is 14.8 Å². The number of hydrogen-bond acceptors (Lipinski definition) is 4. The van der Waals surface area contributed by atoms with Crippen molar-refractivity contribution in [2.24, 2.45) is 5.92 Å². The quantitative estimate of drug-likeness (QED) is 0.314. The third-order valence-electron chi connectivity index (χ3n) is 7.42. The van der Waals surface area contributed by atoms with Crippen molar-refractivity contribution in [3.8, 4) is 5.75 Å². The first kappa shape index (κ1) is 22.8. The molecule has 0 saturated carbocycles. The van der Waals surface area contributed by atoms with Crippen LogP contribution in [0.25, 0.3) is 10.8 Å². The second-order valence-electron chi connectivity index (χ2n) is 9.44. The molecule has 2 aliphatic rings. The van der Waals surface area contributed by atoms with Crippen molar-refractivity contribution < 1.29 is 13.2 Å². The zero-order valence-electron chi connectivity index (χ0n) is 20.0. The minimum Gasteiger partial charge on any atom is -0.496 e. The van der Waals surface area contributed by atoms with Crippen LogP contribution in [0, 0.1) is 5.92 Å². The van der Waals surface area contributed by atoms with Crippen molar-refractivity contribution in [1.82, 2.24) is 4.72 Å². The van der Waals surface area contributed by atoms with Crippen LogP contribution in [0.3, 0.4) is 0 Å². The molecule has 0 aromatic heterocycles. The molecule has 0 saturated heterocycles. The Morgan fingerprint density at radius 2 is 1.78 bits per heavy atom. The first-order chi connectivity index (χ1) is 17.5. The lowest BCUT2D eigenvalue weighted by Crippen LogP contribution is -2.30. The molecule has 0 bridgehead atoms. The number of anilines is 1. The Hall–Kier alpha value is -3.61. The Morgan fingerprint density at radius 1 is 0.972 bits per heavy atom. The molecule has 3 unspecified atom stereocenters. The molecule has 1 heterocycles. The van der Waals surface area contributed by atoms with Gasteiger partial charge in [-0.1, -0.05) is 72.8 Å². The van der Waals surface area contributed by atoms with Crippen molar-refractivity contribution in [3.63, 3.8) is 0 Å². The van der Waals surface area contributed by atoms with Gasteiger partial charge in [0.05, 0.1) is 18.0 Å². The Balaban J connectivity index is 1.37. The molecule has 0 amide bonds. The predicted molar refractivity (Wildman–Crippen MR) is 144 cm³/mol. The fourth-order valence-corrected chi connectivity index (χ4v) is 6.71. The lowest BCUT2D eigenvalue weighted by Gasteiger charge is -2.38. The molecule has 0 spiro atoms. The van der Waals surface area contributed by atoms with Gasteiger partial charge in [-0.2, -0.15) is 0 Å². The molecule has 5 nitrogen and oxygen atoms in total. The summed E-state index contributed by atoms with van der Waals surface area (Å²) in [6.45, 7) is 0.257. The van der Waals surface area contributed by atoms with Crippen LogP contribution in [0.1, 0.15) is 35.1 Å². The van der Waals surface area contributed by atoms with Gasteiger partial charge in [0.15, 0.2) is 0 Å². The van der Waals surface area contributed by atoms with Gasteiger partial charge in [0.2, 0.25) is 10.0 Å². The van der Waals surface area contributed by atoms with E-state index < -0.39 is 10.0 Å². The van der Waals surface area contributed by atoms with E-state index in [1.165, 1.54) is 10.8 Å². The molecule has 6 rings (SSSR count). The summed E-state index contributed by atoms with van der Waals surface area (Å²) in [4.78, 5) is 0.291. The number of fused-ring (bicyclic) bond motifs is 4. The van der Waals surface area contributed by atoms with Gasteiger partial charge in [0.1, 0.15) is 5.75 Å². The zero-order valence-corrected chi connectivity index (χ0v) is 20.8. The lowest BCUT2D eigenvalue weighted by atomic mass is 9.76. The van der Waals surface area contributed by atoms with Crippen molar-refractivity contribution in [1.29, 1.82) is 0 Å². The maximum atomic E-state index is 13.1. The third-order valence-corrected chi connectivity index (χ3v) is 8.81. The monoisotopic (exact) mass is 496 g/mol. The second kappa shape index (κ2) is 9.12. The van der Waals surface area contributed by atoms with E-state index >= 15 is 0 Å². The molecule has 3 atom stereocenters. The fraction of sp³-hybridized carbons (Fsp3) is 0.200. The summed E-state index contributed by atoms with van der Waals surface area (Å²) in [6, 6.07) is 27.5. The first-order valence-electron chi connectivity index (χ1n) is 12.2. The highest BCUT2D eigenvalue weighted by atomic mass is 32.2. The molecule has 4 aromatic carbocycles. The van der Waals surface area contributed by atoms with E-state index in [0.717, 1.165) is 34.5 Å². The van der Waals surface area contributed by atoms with E-state index in [9.17, 15) is 8.42 Å². The molecule has 0 radical (unpaired) electrons. The molecule has 1 aliphatic heterocycles. The van der Waals surface area contributed by atoms with Gasteiger partial charge in [-0.3, -0.25) is 0 Å². The van der Waals surface area contributed by atoms with Crippen LogP contribution in [0.15, 0.2) is 102 Å². The minimum atomic E-state index is -3.65. The van der Waals surface area contributed by atoms with Crippen molar-refractivity contribution >= 4 is 26.5 Å². The summed E-state index contributed by atoms with van der Waals surface area (Å²) >= 11 is 0. The molecule has 2 N–H and O–H groups in total. The average Bonchev–Trinajstić information content (AvgIpc) is 3.42.